The van der Waals surface area contributed by atoms with Crippen LogP contribution in [0.1, 0.15) is 19.4 Å². The van der Waals surface area contributed by atoms with Crippen LogP contribution in [-0.2, 0) is 10.2 Å². The summed E-state index contributed by atoms with van der Waals surface area (Å²) in [4.78, 5) is 0. The van der Waals surface area contributed by atoms with E-state index in [1.54, 1.807) is 0 Å². The van der Waals surface area contributed by atoms with Gasteiger partial charge in [0, 0.05) is 9.89 Å². The maximum atomic E-state index is 5.58. The normalized spacial score (nSPS) is 19.6. The van der Waals surface area contributed by atoms with Gasteiger partial charge in [-0.3, -0.25) is 0 Å². The first kappa shape index (κ1) is 14.0. The predicted octanol–water partition coefficient (Wildman–Crippen LogP) is 3.21. The molecule has 1 heterocycles. The van der Waals surface area contributed by atoms with Gasteiger partial charge >= 0.3 is 0 Å². The largest absolute Gasteiger partial charge is 0.379 e. The smallest absolute Gasteiger partial charge is 0.0589 e. The summed E-state index contributed by atoms with van der Waals surface area (Å²) in [6, 6.07) is 8.56. The Hall–Kier alpha value is -0.380. The first-order valence-electron chi connectivity index (χ1n) is 6.59. The number of nitrogens with one attached hydrogen (secondary N) is 1. The summed E-state index contributed by atoms with van der Waals surface area (Å²) in [5.41, 5.74) is 1.56. The molecule has 1 aliphatic heterocycles. The molecule has 0 spiro atoms. The number of hydrogen-bond acceptors (Lipinski definition) is 2. The molecule has 1 unspecified atom stereocenters. The molecule has 1 N–H and O–H groups in total. The Labute approximate surface area is 118 Å². The van der Waals surface area contributed by atoms with Gasteiger partial charge in [-0.25, -0.2) is 0 Å². The predicted molar refractivity (Wildman–Crippen MR) is 78.9 cm³/mol. The fourth-order valence-electron chi connectivity index (χ4n) is 3.05. The summed E-state index contributed by atoms with van der Waals surface area (Å²) in [6.45, 7) is 7.31. The molecular weight excluding hydrogens is 290 g/mol. The van der Waals surface area contributed by atoms with E-state index in [1.165, 1.54) is 10.0 Å². The summed E-state index contributed by atoms with van der Waals surface area (Å²) in [5.74, 6) is 1.23. The minimum atomic E-state index is 0.164. The zero-order valence-electron chi connectivity index (χ0n) is 11.4. The van der Waals surface area contributed by atoms with Crippen LogP contribution < -0.4 is 5.32 Å². The Morgan fingerprint density at radius 3 is 2.44 bits per heavy atom. The Morgan fingerprint density at radius 1 is 1.33 bits per heavy atom. The van der Waals surface area contributed by atoms with Crippen molar-refractivity contribution in [1.29, 1.82) is 0 Å². The van der Waals surface area contributed by atoms with Crippen molar-refractivity contribution >= 4 is 15.9 Å². The molecule has 2 nitrogen and oxygen atoms in total. The van der Waals surface area contributed by atoms with Crippen LogP contribution in [0.3, 0.4) is 0 Å². The summed E-state index contributed by atoms with van der Waals surface area (Å²) < 4.78 is 6.78. The molecule has 1 fully saturated rings. The van der Waals surface area contributed by atoms with Gasteiger partial charge < -0.3 is 10.1 Å². The van der Waals surface area contributed by atoms with E-state index < -0.39 is 0 Å². The van der Waals surface area contributed by atoms with Crippen LogP contribution in [0.5, 0.6) is 0 Å². The molecule has 18 heavy (non-hydrogen) atoms. The molecular formula is C15H22BrNO. The van der Waals surface area contributed by atoms with Gasteiger partial charge in [0.1, 0.15) is 0 Å². The Kier molecular flexibility index (Phi) is 4.46. The van der Waals surface area contributed by atoms with E-state index in [1.807, 2.05) is 7.05 Å². The van der Waals surface area contributed by atoms with Crippen LogP contribution >= 0.6 is 15.9 Å². The van der Waals surface area contributed by atoms with Crippen molar-refractivity contribution in [1.82, 2.24) is 5.32 Å². The van der Waals surface area contributed by atoms with Crippen LogP contribution in [0.15, 0.2) is 28.7 Å². The van der Waals surface area contributed by atoms with Crippen LogP contribution in [0, 0.1) is 11.8 Å². The van der Waals surface area contributed by atoms with Crippen molar-refractivity contribution in [2.24, 2.45) is 11.8 Å². The van der Waals surface area contributed by atoms with E-state index in [-0.39, 0.29) is 5.41 Å². The maximum Gasteiger partial charge on any atom is 0.0589 e. The number of rotatable bonds is 5. The second-order valence-corrected chi connectivity index (χ2v) is 6.39. The van der Waals surface area contributed by atoms with Crippen molar-refractivity contribution in [2.45, 2.75) is 19.3 Å². The van der Waals surface area contributed by atoms with Gasteiger partial charge in [0.15, 0.2) is 0 Å². The maximum absolute atomic E-state index is 5.58. The molecule has 3 heteroatoms. The number of benzene rings is 1. The second-order valence-electron chi connectivity index (χ2n) is 5.54. The monoisotopic (exact) mass is 311 g/mol. The highest BCUT2D eigenvalue weighted by atomic mass is 79.9. The van der Waals surface area contributed by atoms with Crippen molar-refractivity contribution in [3.8, 4) is 0 Å². The third-order valence-electron chi connectivity index (χ3n) is 4.07. The molecule has 1 aromatic rings. The zero-order chi connectivity index (χ0) is 13.2. The van der Waals surface area contributed by atoms with E-state index in [0.717, 1.165) is 19.8 Å². The van der Waals surface area contributed by atoms with Crippen LogP contribution in [0.2, 0.25) is 0 Å². The summed E-state index contributed by atoms with van der Waals surface area (Å²) >= 11 is 3.70. The van der Waals surface area contributed by atoms with Gasteiger partial charge in [0.05, 0.1) is 13.2 Å². The van der Waals surface area contributed by atoms with Crippen molar-refractivity contribution in [3.05, 3.63) is 34.3 Å². The van der Waals surface area contributed by atoms with Gasteiger partial charge in [-0.1, -0.05) is 48.0 Å². The number of halogens is 1. The van der Waals surface area contributed by atoms with Gasteiger partial charge in [-0.05, 0) is 37.1 Å². The standard InChI is InChI=1S/C15H22BrNO/c1-11(2)13(8-17-3)15(9-18-10-15)12-6-4-5-7-14(12)16/h4-7,11,13,17H,8-10H2,1-3H3. The zero-order valence-corrected chi connectivity index (χ0v) is 13.0. The van der Waals surface area contributed by atoms with Crippen LogP contribution in [0.4, 0.5) is 0 Å². The highest BCUT2D eigenvalue weighted by Crippen LogP contribution is 2.45. The van der Waals surface area contributed by atoms with Crippen molar-refractivity contribution < 1.29 is 4.74 Å². The highest BCUT2D eigenvalue weighted by molar-refractivity contribution is 9.10. The summed E-state index contributed by atoms with van der Waals surface area (Å²) in [5, 5.41) is 3.34. The Bertz CT molecular complexity index is 401. The third-order valence-corrected chi connectivity index (χ3v) is 4.76. The Morgan fingerprint density at radius 2 is 2.00 bits per heavy atom. The average molecular weight is 312 g/mol. The number of ether oxygens (including phenoxy) is 1. The molecule has 1 aromatic carbocycles. The lowest BCUT2D eigenvalue weighted by molar-refractivity contribution is -0.0999. The highest BCUT2D eigenvalue weighted by Gasteiger charge is 2.48. The SMILES string of the molecule is CNCC(C(C)C)C1(c2ccccc2Br)COC1. The second kappa shape index (κ2) is 5.72. The fraction of sp³-hybridized carbons (Fsp3) is 0.600. The van der Waals surface area contributed by atoms with E-state index in [4.69, 9.17) is 4.74 Å². The minimum absolute atomic E-state index is 0.164. The van der Waals surface area contributed by atoms with E-state index in [0.29, 0.717) is 11.8 Å². The van der Waals surface area contributed by atoms with E-state index in [2.05, 4.69) is 59.4 Å². The summed E-state index contributed by atoms with van der Waals surface area (Å²) in [6.07, 6.45) is 0. The lowest BCUT2D eigenvalue weighted by Gasteiger charge is -2.49. The third kappa shape index (κ3) is 2.36. The molecule has 0 bridgehead atoms. The molecule has 0 amide bonds. The van der Waals surface area contributed by atoms with Crippen molar-refractivity contribution in [3.63, 3.8) is 0 Å². The number of hydrogen-bond donors (Lipinski definition) is 1. The van der Waals surface area contributed by atoms with Crippen LogP contribution in [0.25, 0.3) is 0 Å². The topological polar surface area (TPSA) is 21.3 Å². The van der Waals surface area contributed by atoms with Gasteiger partial charge in [-0.2, -0.15) is 0 Å². The molecule has 100 valence electrons. The van der Waals surface area contributed by atoms with E-state index in [9.17, 15) is 0 Å². The first-order valence-corrected chi connectivity index (χ1v) is 7.38. The molecule has 1 atom stereocenters. The van der Waals surface area contributed by atoms with Gasteiger partial charge in [0.25, 0.3) is 0 Å². The van der Waals surface area contributed by atoms with Gasteiger partial charge in [-0.15, -0.1) is 0 Å². The fourth-order valence-corrected chi connectivity index (χ4v) is 3.72. The average Bonchev–Trinajstić information content (AvgIpc) is 2.28. The molecule has 0 radical (unpaired) electrons. The lowest BCUT2D eigenvalue weighted by atomic mass is 9.64. The molecule has 2 rings (SSSR count). The molecule has 1 saturated heterocycles. The molecule has 0 aromatic heterocycles. The minimum Gasteiger partial charge on any atom is -0.379 e. The van der Waals surface area contributed by atoms with E-state index >= 15 is 0 Å². The first-order chi connectivity index (χ1) is 8.62. The summed E-state index contributed by atoms with van der Waals surface area (Å²) in [7, 11) is 2.03. The van der Waals surface area contributed by atoms with Gasteiger partial charge in [0.2, 0.25) is 0 Å². The molecule has 1 aliphatic rings. The van der Waals surface area contributed by atoms with Crippen molar-refractivity contribution in [2.75, 3.05) is 26.8 Å². The quantitative estimate of drug-likeness (QED) is 0.901. The van der Waals surface area contributed by atoms with Crippen LogP contribution in [-0.4, -0.2) is 26.8 Å². The molecule has 0 saturated carbocycles. The lowest BCUT2D eigenvalue weighted by Crippen LogP contribution is -2.56. The Balaban J connectivity index is 2.38. The molecule has 0 aliphatic carbocycles.